The Hall–Kier alpha value is -3.55. The average Bonchev–Trinajstić information content (AvgIpc) is 3.36. The summed E-state index contributed by atoms with van der Waals surface area (Å²) in [5.41, 5.74) is 2.11. The second kappa shape index (κ2) is 7.12. The summed E-state index contributed by atoms with van der Waals surface area (Å²) in [6, 6.07) is 11.1. The number of carbonyl (C=O) groups excluding carboxylic acids is 1. The highest BCUT2D eigenvalue weighted by atomic mass is 16.5. The van der Waals surface area contributed by atoms with Crippen molar-refractivity contribution in [1.82, 2.24) is 24.4 Å². The van der Waals surface area contributed by atoms with Gasteiger partial charge in [-0.05, 0) is 31.0 Å². The molecule has 0 saturated carbocycles. The maximum atomic E-state index is 12.7. The molecule has 3 aromatic heterocycles. The van der Waals surface area contributed by atoms with Gasteiger partial charge in [0.2, 0.25) is 0 Å². The number of benzene rings is 1. The van der Waals surface area contributed by atoms with Crippen molar-refractivity contribution in [3.05, 3.63) is 59.3 Å². The topological polar surface area (TPSA) is 96.0 Å². The molecule has 1 aliphatic heterocycles. The van der Waals surface area contributed by atoms with Gasteiger partial charge in [0, 0.05) is 24.7 Å². The fraction of sp³-hybridized carbons (Fsp3) is 0.286. The summed E-state index contributed by atoms with van der Waals surface area (Å²) in [5.74, 6) is 0.601. The predicted octanol–water partition coefficient (Wildman–Crippen LogP) is 2.45. The molecule has 0 aliphatic carbocycles. The van der Waals surface area contributed by atoms with Crippen LogP contribution in [0.4, 0.5) is 0 Å². The van der Waals surface area contributed by atoms with Gasteiger partial charge in [0.05, 0.1) is 23.3 Å². The fourth-order valence-corrected chi connectivity index (χ4v) is 4.12. The third-order valence-electron chi connectivity index (χ3n) is 5.48. The first-order valence-corrected chi connectivity index (χ1v) is 9.72. The van der Waals surface area contributed by atoms with Crippen LogP contribution in [0.5, 0.6) is 5.75 Å². The number of amides is 1. The second-order valence-electron chi connectivity index (χ2n) is 7.30. The lowest BCUT2D eigenvalue weighted by Gasteiger charge is -2.33. The minimum absolute atomic E-state index is 0.00844. The van der Waals surface area contributed by atoms with Crippen LogP contribution >= 0.6 is 0 Å². The Morgan fingerprint density at radius 3 is 2.97 bits per heavy atom. The third kappa shape index (κ3) is 3.16. The summed E-state index contributed by atoms with van der Waals surface area (Å²) in [6.07, 6.45) is 5.16. The van der Waals surface area contributed by atoms with Crippen molar-refractivity contribution in [3.63, 3.8) is 0 Å². The van der Waals surface area contributed by atoms with E-state index in [-0.39, 0.29) is 24.2 Å². The maximum Gasteiger partial charge on any atom is 0.326 e. The number of piperidine rings is 1. The molecule has 29 heavy (non-hydrogen) atoms. The van der Waals surface area contributed by atoms with Gasteiger partial charge in [-0.15, -0.1) is 0 Å². The van der Waals surface area contributed by atoms with E-state index < -0.39 is 0 Å². The molecule has 2 N–H and O–H groups in total. The molecular weight excluding hydrogens is 370 g/mol. The Bertz CT molecular complexity index is 1220. The third-order valence-corrected chi connectivity index (χ3v) is 5.48. The molecule has 4 aromatic rings. The first-order chi connectivity index (χ1) is 14.2. The quantitative estimate of drug-likeness (QED) is 0.559. The molecule has 1 aliphatic rings. The maximum absolute atomic E-state index is 12.7. The molecule has 148 valence electrons. The number of fused-ring (bicyclic) bond motifs is 3. The molecule has 0 bridgehead atoms. The number of imidazole rings is 1. The van der Waals surface area contributed by atoms with Crippen molar-refractivity contribution in [2.24, 2.45) is 0 Å². The number of hydrogen-bond acceptors (Lipinski definition) is 4. The zero-order chi connectivity index (χ0) is 19.8. The van der Waals surface area contributed by atoms with Crippen LogP contribution in [0.2, 0.25) is 0 Å². The molecule has 1 saturated heterocycles. The summed E-state index contributed by atoms with van der Waals surface area (Å²) in [4.78, 5) is 37.6. The number of aromatic amines is 2. The molecule has 0 spiro atoms. The number of nitrogens with one attached hydrogen (secondary N) is 2. The lowest BCUT2D eigenvalue weighted by atomic mass is 10.0. The van der Waals surface area contributed by atoms with Gasteiger partial charge in [0.1, 0.15) is 11.4 Å². The zero-order valence-corrected chi connectivity index (χ0v) is 15.8. The van der Waals surface area contributed by atoms with Crippen LogP contribution in [-0.2, 0) is 4.79 Å². The van der Waals surface area contributed by atoms with Gasteiger partial charge >= 0.3 is 5.69 Å². The SMILES string of the molecule is O=C(COc1ccccc1)N1CCC[C@@H](n2c(=O)[nH]c3cnc4[nH]ccc4c32)C1. The van der Waals surface area contributed by atoms with E-state index in [1.165, 1.54) is 0 Å². The highest BCUT2D eigenvalue weighted by Gasteiger charge is 2.28. The van der Waals surface area contributed by atoms with E-state index in [0.717, 1.165) is 29.4 Å². The molecule has 4 heterocycles. The molecule has 1 fully saturated rings. The Labute approximate surface area is 166 Å². The molecule has 0 radical (unpaired) electrons. The van der Waals surface area contributed by atoms with Crippen molar-refractivity contribution >= 4 is 28.0 Å². The standard InChI is InChI=1S/C21H21N5O3/c27-18(13-29-15-6-2-1-3-7-15)25-10-4-5-14(12-25)26-19-16-8-9-22-20(16)23-11-17(19)24-21(26)28/h1-3,6-9,11,14H,4-5,10,12-13H2,(H,22,23)(H,24,28)/t14-/m1/s1. The van der Waals surface area contributed by atoms with Gasteiger partial charge in [0.25, 0.3) is 5.91 Å². The summed E-state index contributed by atoms with van der Waals surface area (Å²) in [5, 5.41) is 0.900. The van der Waals surface area contributed by atoms with Crippen molar-refractivity contribution in [2.45, 2.75) is 18.9 Å². The number of hydrogen-bond donors (Lipinski definition) is 2. The monoisotopic (exact) mass is 391 g/mol. The van der Waals surface area contributed by atoms with E-state index in [4.69, 9.17) is 4.74 Å². The predicted molar refractivity (Wildman–Crippen MR) is 109 cm³/mol. The first kappa shape index (κ1) is 17.5. The summed E-state index contributed by atoms with van der Waals surface area (Å²) >= 11 is 0. The highest BCUT2D eigenvalue weighted by molar-refractivity contribution is 6.00. The van der Waals surface area contributed by atoms with Crippen LogP contribution in [0.25, 0.3) is 22.1 Å². The van der Waals surface area contributed by atoms with Crippen molar-refractivity contribution in [2.75, 3.05) is 19.7 Å². The van der Waals surface area contributed by atoms with E-state index in [2.05, 4.69) is 15.0 Å². The number of para-hydroxylation sites is 1. The molecule has 8 nitrogen and oxygen atoms in total. The van der Waals surface area contributed by atoms with Gasteiger partial charge in [-0.25, -0.2) is 9.78 Å². The van der Waals surface area contributed by atoms with E-state index in [9.17, 15) is 9.59 Å². The van der Waals surface area contributed by atoms with Gasteiger partial charge in [-0.1, -0.05) is 18.2 Å². The van der Waals surface area contributed by atoms with Crippen LogP contribution in [-0.4, -0.2) is 50.0 Å². The van der Waals surface area contributed by atoms with Gasteiger partial charge in [-0.3, -0.25) is 9.36 Å². The first-order valence-electron chi connectivity index (χ1n) is 9.72. The molecule has 0 unspecified atom stereocenters. The Balaban J connectivity index is 1.40. The van der Waals surface area contributed by atoms with E-state index in [0.29, 0.717) is 24.4 Å². The number of pyridine rings is 1. The van der Waals surface area contributed by atoms with Gasteiger partial charge in [0.15, 0.2) is 6.61 Å². The minimum atomic E-state index is -0.171. The summed E-state index contributed by atoms with van der Waals surface area (Å²) < 4.78 is 7.39. The summed E-state index contributed by atoms with van der Waals surface area (Å²) in [7, 11) is 0. The van der Waals surface area contributed by atoms with Crippen molar-refractivity contribution in [1.29, 1.82) is 0 Å². The van der Waals surface area contributed by atoms with Gasteiger partial charge < -0.3 is 19.6 Å². The highest BCUT2D eigenvalue weighted by Crippen LogP contribution is 2.27. The zero-order valence-electron chi connectivity index (χ0n) is 15.8. The number of aromatic nitrogens is 4. The second-order valence-corrected chi connectivity index (χ2v) is 7.30. The van der Waals surface area contributed by atoms with Crippen LogP contribution in [0.1, 0.15) is 18.9 Å². The molecule has 1 amide bonds. The molecule has 1 atom stereocenters. The minimum Gasteiger partial charge on any atom is -0.484 e. The number of nitrogens with zero attached hydrogens (tertiary/aromatic N) is 3. The van der Waals surface area contributed by atoms with E-state index in [1.54, 1.807) is 15.7 Å². The largest absolute Gasteiger partial charge is 0.484 e. The van der Waals surface area contributed by atoms with Crippen molar-refractivity contribution in [3.8, 4) is 5.75 Å². The van der Waals surface area contributed by atoms with E-state index >= 15 is 0 Å². The van der Waals surface area contributed by atoms with Crippen molar-refractivity contribution < 1.29 is 9.53 Å². The lowest BCUT2D eigenvalue weighted by molar-refractivity contribution is -0.135. The average molecular weight is 391 g/mol. The fourth-order valence-electron chi connectivity index (χ4n) is 4.12. The number of rotatable bonds is 4. The van der Waals surface area contributed by atoms with E-state index in [1.807, 2.05) is 42.6 Å². The Kier molecular flexibility index (Phi) is 4.31. The smallest absolute Gasteiger partial charge is 0.326 e. The molecule has 8 heteroatoms. The number of ether oxygens (including phenoxy) is 1. The van der Waals surface area contributed by atoms with Crippen LogP contribution < -0.4 is 10.4 Å². The normalized spacial score (nSPS) is 17.1. The number of likely N-dealkylation sites (tertiary alicyclic amines) is 1. The van der Waals surface area contributed by atoms with Crippen LogP contribution in [0.3, 0.4) is 0 Å². The Morgan fingerprint density at radius 2 is 2.10 bits per heavy atom. The lowest BCUT2D eigenvalue weighted by Crippen LogP contribution is -2.44. The number of carbonyl (C=O) groups is 1. The summed E-state index contributed by atoms with van der Waals surface area (Å²) in [6.45, 7) is 1.15. The molecule has 5 rings (SSSR count). The molecular formula is C21H21N5O3. The van der Waals surface area contributed by atoms with Crippen LogP contribution in [0.15, 0.2) is 53.6 Å². The van der Waals surface area contributed by atoms with Crippen LogP contribution in [0, 0.1) is 0 Å². The van der Waals surface area contributed by atoms with Gasteiger partial charge in [-0.2, -0.15) is 0 Å². The molecule has 1 aromatic carbocycles. The number of H-pyrrole nitrogens is 2. The Morgan fingerprint density at radius 1 is 1.24 bits per heavy atom.